The van der Waals surface area contributed by atoms with Crippen LogP contribution < -0.4 is 24.8 Å². The molecular formula is C24H33N3O5S. The molecule has 0 bridgehead atoms. The molecule has 0 spiro atoms. The Hall–Kier alpha value is -2.78. The Balaban J connectivity index is 1.39. The molecule has 0 unspecified atom stereocenters. The number of thiophene rings is 1. The molecule has 1 aliphatic rings. The van der Waals surface area contributed by atoms with Crippen molar-refractivity contribution in [2.75, 3.05) is 47.5 Å². The minimum Gasteiger partial charge on any atom is -0.493 e. The molecule has 1 aliphatic heterocycles. The Morgan fingerprint density at radius 1 is 1.06 bits per heavy atom. The second kappa shape index (κ2) is 12.5. The summed E-state index contributed by atoms with van der Waals surface area (Å²) < 4.78 is 16.1. The number of benzene rings is 1. The standard InChI is InChI=1S/C24H33N3O5S/c1-30-20-13-17(14-21(31-2)23(20)32-3)15-26-22(28)16-27-10-7-18(8-11-27)24(29)25-9-6-19-5-4-12-33-19/h4-5,12-14,18H,6-11,15-16H2,1-3H3,(H,25,29)(H,26,28). The third-order valence-corrected chi connectivity index (χ3v) is 6.73. The Kier molecular flexibility index (Phi) is 9.38. The number of ether oxygens (including phenoxy) is 3. The Labute approximate surface area is 199 Å². The van der Waals surface area contributed by atoms with Crippen molar-refractivity contribution in [2.45, 2.75) is 25.8 Å². The van der Waals surface area contributed by atoms with Gasteiger partial charge in [0, 0.05) is 23.9 Å². The topological polar surface area (TPSA) is 89.1 Å². The molecule has 0 radical (unpaired) electrons. The van der Waals surface area contributed by atoms with Crippen molar-refractivity contribution < 1.29 is 23.8 Å². The third kappa shape index (κ3) is 7.10. The minimum absolute atomic E-state index is 0.0203. The van der Waals surface area contributed by atoms with Crippen molar-refractivity contribution in [3.8, 4) is 17.2 Å². The van der Waals surface area contributed by atoms with E-state index in [0.717, 1.165) is 37.9 Å². The molecule has 2 amide bonds. The second-order valence-corrected chi connectivity index (χ2v) is 9.01. The third-order valence-electron chi connectivity index (χ3n) is 5.79. The molecule has 33 heavy (non-hydrogen) atoms. The molecule has 1 saturated heterocycles. The van der Waals surface area contributed by atoms with Crippen LogP contribution in [-0.4, -0.2) is 64.2 Å². The van der Waals surface area contributed by atoms with Gasteiger partial charge >= 0.3 is 0 Å². The number of hydrogen-bond acceptors (Lipinski definition) is 7. The summed E-state index contributed by atoms with van der Waals surface area (Å²) >= 11 is 1.71. The smallest absolute Gasteiger partial charge is 0.234 e. The summed E-state index contributed by atoms with van der Waals surface area (Å²) in [5, 5.41) is 8.05. The zero-order valence-electron chi connectivity index (χ0n) is 19.5. The molecule has 0 aliphatic carbocycles. The van der Waals surface area contributed by atoms with Gasteiger partial charge in [0.25, 0.3) is 0 Å². The fourth-order valence-corrected chi connectivity index (χ4v) is 4.67. The lowest BCUT2D eigenvalue weighted by molar-refractivity contribution is -0.126. The van der Waals surface area contributed by atoms with Crippen molar-refractivity contribution in [3.63, 3.8) is 0 Å². The fraction of sp³-hybridized carbons (Fsp3) is 0.500. The zero-order valence-corrected chi connectivity index (χ0v) is 20.3. The number of carbonyl (C=O) groups is 2. The maximum Gasteiger partial charge on any atom is 0.234 e. The van der Waals surface area contributed by atoms with Gasteiger partial charge in [-0.15, -0.1) is 11.3 Å². The van der Waals surface area contributed by atoms with Gasteiger partial charge in [-0.1, -0.05) is 6.07 Å². The largest absolute Gasteiger partial charge is 0.493 e. The van der Waals surface area contributed by atoms with Gasteiger partial charge < -0.3 is 24.8 Å². The maximum absolute atomic E-state index is 12.5. The summed E-state index contributed by atoms with van der Waals surface area (Å²) in [6.07, 6.45) is 2.41. The van der Waals surface area contributed by atoms with Crippen molar-refractivity contribution in [2.24, 2.45) is 5.92 Å². The summed E-state index contributed by atoms with van der Waals surface area (Å²) in [4.78, 5) is 28.3. The van der Waals surface area contributed by atoms with E-state index in [0.29, 0.717) is 36.9 Å². The van der Waals surface area contributed by atoms with Gasteiger partial charge in [-0.05, 0) is 61.5 Å². The van der Waals surface area contributed by atoms with E-state index in [1.54, 1.807) is 32.7 Å². The van der Waals surface area contributed by atoms with Crippen LogP contribution >= 0.6 is 11.3 Å². The first-order valence-electron chi connectivity index (χ1n) is 11.1. The van der Waals surface area contributed by atoms with Crippen LogP contribution in [-0.2, 0) is 22.6 Å². The van der Waals surface area contributed by atoms with E-state index < -0.39 is 0 Å². The van der Waals surface area contributed by atoms with Gasteiger partial charge in [0.15, 0.2) is 11.5 Å². The maximum atomic E-state index is 12.5. The summed E-state index contributed by atoms with van der Waals surface area (Å²) in [5.41, 5.74) is 0.857. The number of nitrogens with zero attached hydrogens (tertiary/aromatic N) is 1. The first-order chi connectivity index (χ1) is 16.0. The highest BCUT2D eigenvalue weighted by atomic mass is 32.1. The van der Waals surface area contributed by atoms with Gasteiger partial charge in [0.1, 0.15) is 0 Å². The first-order valence-corrected chi connectivity index (χ1v) is 12.0. The molecule has 8 nitrogen and oxygen atoms in total. The quantitative estimate of drug-likeness (QED) is 0.519. The average Bonchev–Trinajstić information content (AvgIpc) is 3.36. The van der Waals surface area contributed by atoms with Crippen LogP contribution in [0.2, 0.25) is 0 Å². The van der Waals surface area contributed by atoms with E-state index in [2.05, 4.69) is 21.6 Å². The first kappa shape index (κ1) is 24.9. The Morgan fingerprint density at radius 3 is 2.33 bits per heavy atom. The predicted molar refractivity (Wildman–Crippen MR) is 128 cm³/mol. The van der Waals surface area contributed by atoms with E-state index in [9.17, 15) is 9.59 Å². The van der Waals surface area contributed by atoms with Crippen LogP contribution in [0.15, 0.2) is 29.6 Å². The van der Waals surface area contributed by atoms with Gasteiger partial charge in [-0.2, -0.15) is 0 Å². The van der Waals surface area contributed by atoms with Crippen LogP contribution in [0.3, 0.4) is 0 Å². The Morgan fingerprint density at radius 2 is 1.76 bits per heavy atom. The lowest BCUT2D eigenvalue weighted by Gasteiger charge is -2.30. The number of carbonyl (C=O) groups excluding carboxylic acids is 2. The number of rotatable bonds is 11. The van der Waals surface area contributed by atoms with E-state index in [4.69, 9.17) is 14.2 Å². The number of nitrogens with one attached hydrogen (secondary N) is 2. The monoisotopic (exact) mass is 475 g/mol. The van der Waals surface area contributed by atoms with Crippen LogP contribution in [0.25, 0.3) is 0 Å². The van der Waals surface area contributed by atoms with Crippen LogP contribution in [0.1, 0.15) is 23.3 Å². The van der Waals surface area contributed by atoms with Gasteiger partial charge in [0.05, 0.1) is 27.9 Å². The lowest BCUT2D eigenvalue weighted by Crippen LogP contribution is -2.44. The van der Waals surface area contributed by atoms with Crippen molar-refractivity contribution in [3.05, 3.63) is 40.1 Å². The second-order valence-electron chi connectivity index (χ2n) is 7.98. The summed E-state index contributed by atoms with van der Waals surface area (Å²) in [7, 11) is 4.68. The predicted octanol–water partition coefficient (Wildman–Crippen LogP) is 2.46. The van der Waals surface area contributed by atoms with Gasteiger partial charge in [0.2, 0.25) is 17.6 Å². The SMILES string of the molecule is COc1cc(CNC(=O)CN2CCC(C(=O)NCCc3cccs3)CC2)cc(OC)c1OC. The molecule has 9 heteroatoms. The van der Waals surface area contributed by atoms with E-state index in [-0.39, 0.29) is 17.7 Å². The fourth-order valence-electron chi connectivity index (χ4n) is 3.96. The number of hydrogen-bond donors (Lipinski definition) is 2. The molecule has 0 saturated carbocycles. The van der Waals surface area contributed by atoms with E-state index >= 15 is 0 Å². The molecule has 2 heterocycles. The molecule has 2 N–H and O–H groups in total. The highest BCUT2D eigenvalue weighted by Crippen LogP contribution is 2.38. The average molecular weight is 476 g/mol. The van der Waals surface area contributed by atoms with Crippen LogP contribution in [0.4, 0.5) is 0 Å². The van der Waals surface area contributed by atoms with Crippen molar-refractivity contribution in [1.82, 2.24) is 15.5 Å². The molecule has 1 aromatic heterocycles. The summed E-state index contributed by atoms with van der Waals surface area (Å²) in [6, 6.07) is 7.76. The van der Waals surface area contributed by atoms with E-state index in [1.807, 2.05) is 23.6 Å². The van der Waals surface area contributed by atoms with E-state index in [1.165, 1.54) is 4.88 Å². The summed E-state index contributed by atoms with van der Waals surface area (Å²) in [6.45, 7) is 2.82. The Bertz CT molecular complexity index is 886. The molecule has 1 fully saturated rings. The zero-order chi connectivity index (χ0) is 23.6. The number of piperidine rings is 1. The van der Waals surface area contributed by atoms with Crippen molar-refractivity contribution in [1.29, 1.82) is 0 Å². The van der Waals surface area contributed by atoms with Crippen molar-refractivity contribution >= 4 is 23.2 Å². The molecule has 2 aromatic rings. The normalized spacial score (nSPS) is 14.5. The van der Waals surface area contributed by atoms with Gasteiger partial charge in [-0.25, -0.2) is 0 Å². The molecular weight excluding hydrogens is 442 g/mol. The minimum atomic E-state index is -0.0531. The van der Waals surface area contributed by atoms with Crippen LogP contribution in [0, 0.1) is 5.92 Å². The molecule has 1 aromatic carbocycles. The molecule has 3 rings (SSSR count). The molecule has 180 valence electrons. The highest BCUT2D eigenvalue weighted by molar-refractivity contribution is 7.09. The number of likely N-dealkylation sites (tertiary alicyclic amines) is 1. The number of amides is 2. The van der Waals surface area contributed by atoms with Gasteiger partial charge in [-0.3, -0.25) is 14.5 Å². The number of methoxy groups -OCH3 is 3. The highest BCUT2D eigenvalue weighted by Gasteiger charge is 2.25. The lowest BCUT2D eigenvalue weighted by atomic mass is 9.96. The van der Waals surface area contributed by atoms with Crippen LogP contribution in [0.5, 0.6) is 17.2 Å². The molecule has 0 atom stereocenters. The summed E-state index contributed by atoms with van der Waals surface area (Å²) in [5.74, 6) is 1.72.